The maximum atomic E-state index is 11.3. The molecule has 0 aliphatic carbocycles. The van der Waals surface area contributed by atoms with Gasteiger partial charge in [-0.2, -0.15) is 5.26 Å². The Morgan fingerprint density at radius 2 is 0.915 bits per heavy atom. The Hall–Kier alpha value is -9.90. The van der Waals surface area contributed by atoms with Crippen molar-refractivity contribution in [1.29, 1.82) is 5.26 Å². The Kier molecular flexibility index (Phi) is 8.01. The first-order valence-corrected chi connectivity index (χ1v) is 23.3. The highest BCUT2D eigenvalue weighted by Crippen LogP contribution is 2.43. The molecule has 14 rings (SSSR count). The van der Waals surface area contributed by atoms with Gasteiger partial charge in [0.15, 0.2) is 17.5 Å². The number of hydrogen-bond acceptors (Lipinski definition) is 4. The van der Waals surface area contributed by atoms with Crippen molar-refractivity contribution in [3.8, 4) is 68.4 Å². The molecule has 0 atom stereocenters. The van der Waals surface area contributed by atoms with E-state index >= 15 is 0 Å². The molecule has 0 bridgehead atoms. The molecule has 0 aliphatic rings. The van der Waals surface area contributed by atoms with E-state index in [4.69, 9.17) is 21.8 Å². The van der Waals surface area contributed by atoms with E-state index < -0.39 is 18.1 Å². The standard InChI is InChI=1S/C64H39N7/c65-40-44-38-42(32-35-54(44)71-56-30-16-12-25-48(56)50-34-37-59-60(61(50)71)52-28-14-17-31-57(52)70(59)46-22-8-3-9-23-46)62-66-63(68-64(67-62)51-27-11-10-24-47(51)41-18-4-1-5-19-41)43-33-36-58-53(39-43)49-26-13-15-29-55(49)69(58)45-20-6-2-7-21-45/h1-39H/i3D,8D,9D,22D,23D. The average molecular weight is 911 g/mol. The van der Waals surface area contributed by atoms with E-state index in [1.807, 2.05) is 127 Å². The summed E-state index contributed by atoms with van der Waals surface area (Å²) < 4.78 is 49.8. The number of rotatable bonds is 7. The van der Waals surface area contributed by atoms with Crippen LogP contribution in [0.15, 0.2) is 236 Å². The van der Waals surface area contributed by atoms with Gasteiger partial charge in [0.25, 0.3) is 0 Å². The predicted molar refractivity (Wildman–Crippen MR) is 289 cm³/mol. The second kappa shape index (κ2) is 16.1. The lowest BCUT2D eigenvalue weighted by Gasteiger charge is -2.14. The van der Waals surface area contributed by atoms with Crippen LogP contribution in [0.25, 0.3) is 128 Å². The summed E-state index contributed by atoms with van der Waals surface area (Å²) in [6.07, 6.45) is 0. The minimum absolute atomic E-state index is 0.0580. The topological polar surface area (TPSA) is 77.2 Å². The van der Waals surface area contributed by atoms with Crippen LogP contribution in [0, 0.1) is 11.3 Å². The summed E-state index contributed by atoms with van der Waals surface area (Å²) in [4.78, 5) is 15.7. The zero-order valence-electron chi connectivity index (χ0n) is 42.8. The summed E-state index contributed by atoms with van der Waals surface area (Å²) in [5.41, 5.74) is 11.5. The van der Waals surface area contributed by atoms with Crippen molar-refractivity contribution in [2.45, 2.75) is 0 Å². The first kappa shape index (κ1) is 35.3. The van der Waals surface area contributed by atoms with Gasteiger partial charge in [-0.1, -0.05) is 152 Å². The smallest absolute Gasteiger partial charge is 0.164 e. The number of nitrogens with zero attached hydrogens (tertiary/aromatic N) is 7. The minimum atomic E-state index is -0.457. The summed E-state index contributed by atoms with van der Waals surface area (Å²) in [6.45, 7) is 0. The molecule has 0 saturated carbocycles. The molecule has 7 heteroatoms. The fourth-order valence-corrected chi connectivity index (χ4v) is 10.6. The van der Waals surface area contributed by atoms with Crippen LogP contribution in [0.4, 0.5) is 0 Å². The van der Waals surface area contributed by atoms with E-state index in [-0.39, 0.29) is 17.8 Å². The van der Waals surface area contributed by atoms with Gasteiger partial charge in [0, 0.05) is 60.4 Å². The maximum absolute atomic E-state index is 11.3. The lowest BCUT2D eigenvalue weighted by Crippen LogP contribution is -2.03. The van der Waals surface area contributed by atoms with Crippen LogP contribution in [0.1, 0.15) is 12.4 Å². The lowest BCUT2D eigenvalue weighted by atomic mass is 9.99. The monoisotopic (exact) mass is 910 g/mol. The van der Waals surface area contributed by atoms with Crippen LogP contribution in [-0.2, 0) is 0 Å². The third kappa shape index (κ3) is 6.32. The van der Waals surface area contributed by atoms with Gasteiger partial charge in [-0.25, -0.2) is 15.0 Å². The minimum Gasteiger partial charge on any atom is -0.309 e. The summed E-state index contributed by atoms with van der Waals surface area (Å²) in [7, 11) is 0. The highest BCUT2D eigenvalue weighted by atomic mass is 15.0. The van der Waals surface area contributed by atoms with Gasteiger partial charge < -0.3 is 13.7 Å². The van der Waals surface area contributed by atoms with Crippen LogP contribution in [0.2, 0.25) is 0 Å². The molecule has 4 heterocycles. The molecule has 330 valence electrons. The van der Waals surface area contributed by atoms with Crippen molar-refractivity contribution in [3.63, 3.8) is 0 Å². The molecule has 4 aromatic heterocycles. The van der Waals surface area contributed by atoms with E-state index in [9.17, 15) is 5.26 Å². The number of aromatic nitrogens is 6. The first-order valence-electron chi connectivity index (χ1n) is 25.8. The second-order valence-corrected chi connectivity index (χ2v) is 17.5. The Morgan fingerprint density at radius 1 is 0.380 bits per heavy atom. The summed E-state index contributed by atoms with van der Waals surface area (Å²) >= 11 is 0. The molecule has 10 aromatic carbocycles. The van der Waals surface area contributed by atoms with E-state index in [0.717, 1.165) is 82.3 Å². The van der Waals surface area contributed by atoms with E-state index in [1.54, 1.807) is 4.57 Å². The van der Waals surface area contributed by atoms with Crippen molar-refractivity contribution in [3.05, 3.63) is 242 Å². The SMILES string of the molecule is [2H]c1c([2H])c([2H])c(-n2c3ccccc3c3c2ccc2c4ccccc4n(-c4ccc(-c5nc(-c6ccc7c(c6)c6ccccc6n7-c6ccccc6)nc(-c6ccccc6-c6ccccc6)n5)cc4C#N)c23)c([2H])c1[2H]. The highest BCUT2D eigenvalue weighted by molar-refractivity contribution is 6.26. The van der Waals surface area contributed by atoms with Crippen LogP contribution in [0.5, 0.6) is 0 Å². The van der Waals surface area contributed by atoms with Crippen LogP contribution in [-0.4, -0.2) is 28.7 Å². The molecule has 0 saturated heterocycles. The van der Waals surface area contributed by atoms with Crippen LogP contribution < -0.4 is 0 Å². The van der Waals surface area contributed by atoms with Gasteiger partial charge in [-0.05, 0) is 96.0 Å². The Labute approximate surface area is 415 Å². The maximum Gasteiger partial charge on any atom is 0.164 e. The zero-order valence-corrected chi connectivity index (χ0v) is 37.8. The van der Waals surface area contributed by atoms with E-state index in [2.05, 4.69) is 94.1 Å². The molecule has 0 spiro atoms. The molecule has 14 aromatic rings. The van der Waals surface area contributed by atoms with Crippen LogP contribution in [0.3, 0.4) is 0 Å². The first-order chi connectivity index (χ1) is 37.3. The summed E-state index contributed by atoms with van der Waals surface area (Å²) in [6, 6.07) is 69.5. The van der Waals surface area contributed by atoms with Crippen LogP contribution >= 0.6 is 0 Å². The van der Waals surface area contributed by atoms with Crippen molar-refractivity contribution >= 4 is 65.4 Å². The van der Waals surface area contributed by atoms with Gasteiger partial charge in [0.1, 0.15) is 6.07 Å². The summed E-state index contributed by atoms with van der Waals surface area (Å²) in [5, 5.41) is 16.9. The van der Waals surface area contributed by atoms with Gasteiger partial charge in [-0.15, -0.1) is 0 Å². The van der Waals surface area contributed by atoms with Crippen molar-refractivity contribution in [2.24, 2.45) is 0 Å². The normalized spacial score (nSPS) is 12.6. The number of hydrogen-bond donors (Lipinski definition) is 0. The molecule has 0 fully saturated rings. The molecule has 0 amide bonds. The molecule has 0 aliphatic heterocycles. The third-order valence-corrected chi connectivity index (χ3v) is 13.6. The Balaban J connectivity index is 0.997. The van der Waals surface area contributed by atoms with Gasteiger partial charge in [0.05, 0.1) is 51.2 Å². The van der Waals surface area contributed by atoms with Crippen molar-refractivity contribution in [1.82, 2.24) is 28.7 Å². The molecule has 71 heavy (non-hydrogen) atoms. The zero-order chi connectivity index (χ0) is 51.3. The third-order valence-electron chi connectivity index (χ3n) is 13.6. The molecule has 0 unspecified atom stereocenters. The van der Waals surface area contributed by atoms with Gasteiger partial charge >= 0.3 is 0 Å². The van der Waals surface area contributed by atoms with Crippen molar-refractivity contribution < 1.29 is 6.85 Å². The highest BCUT2D eigenvalue weighted by Gasteiger charge is 2.24. The fourth-order valence-electron chi connectivity index (χ4n) is 10.6. The Morgan fingerprint density at radius 3 is 1.65 bits per heavy atom. The summed E-state index contributed by atoms with van der Waals surface area (Å²) in [5.74, 6) is 1.35. The Bertz CT molecular complexity index is 4750. The van der Waals surface area contributed by atoms with E-state index in [1.165, 1.54) is 0 Å². The van der Waals surface area contributed by atoms with Gasteiger partial charge in [0.2, 0.25) is 0 Å². The number of nitriles is 1. The lowest BCUT2D eigenvalue weighted by molar-refractivity contribution is 1.07. The van der Waals surface area contributed by atoms with Gasteiger partial charge in [-0.3, -0.25) is 0 Å². The number of benzene rings is 10. The fraction of sp³-hybridized carbons (Fsp3) is 0. The van der Waals surface area contributed by atoms with E-state index in [0.29, 0.717) is 45.3 Å². The second-order valence-electron chi connectivity index (χ2n) is 17.5. The molecule has 0 radical (unpaired) electrons. The largest absolute Gasteiger partial charge is 0.309 e. The molecular weight excluding hydrogens is 867 g/mol. The predicted octanol–water partition coefficient (Wildman–Crippen LogP) is 15.7. The molecule has 7 nitrogen and oxygen atoms in total. The average Bonchev–Trinajstić information content (AvgIpc) is 4.30. The molecular formula is C64H39N7. The van der Waals surface area contributed by atoms with Crippen molar-refractivity contribution in [2.75, 3.05) is 0 Å². The quantitative estimate of drug-likeness (QED) is 0.160. The number of fused-ring (bicyclic) bond motifs is 10. The number of para-hydroxylation sites is 5. The molecule has 0 N–H and O–H groups in total.